The second-order valence-corrected chi connectivity index (χ2v) is 7.59. The molecule has 148 valence electrons. The van der Waals surface area contributed by atoms with Crippen LogP contribution in [0, 0.1) is 12.7 Å². The highest BCUT2D eigenvalue weighted by Gasteiger charge is 2.29. The number of carbonyl (C=O) groups excluding carboxylic acids is 3. The lowest BCUT2D eigenvalue weighted by Crippen LogP contribution is -2.35. The fraction of sp³-hybridized carbons (Fsp3) is 0.350. The number of ether oxygens (including phenoxy) is 1. The van der Waals surface area contributed by atoms with Crippen LogP contribution in [0.3, 0.4) is 0 Å². The summed E-state index contributed by atoms with van der Waals surface area (Å²) in [6.45, 7) is 3.02. The number of thiophene rings is 1. The Morgan fingerprint density at radius 3 is 2.54 bits per heavy atom. The Kier molecular flexibility index (Phi) is 6.08. The molecule has 1 fully saturated rings. The second-order valence-electron chi connectivity index (χ2n) is 6.57. The third kappa shape index (κ3) is 4.06. The average Bonchev–Trinajstić information content (AvgIpc) is 3.03. The number of anilines is 1. The van der Waals surface area contributed by atoms with Gasteiger partial charge in [-0.2, -0.15) is 0 Å². The number of esters is 1. The molecule has 1 aliphatic heterocycles. The highest BCUT2D eigenvalue weighted by molar-refractivity contribution is 7.18. The van der Waals surface area contributed by atoms with Gasteiger partial charge in [0.2, 0.25) is 0 Å². The smallest absolute Gasteiger partial charge is 0.341 e. The minimum Gasteiger partial charge on any atom is -0.465 e. The summed E-state index contributed by atoms with van der Waals surface area (Å²) in [5.41, 5.74) is 0.741. The molecule has 2 amide bonds. The lowest BCUT2D eigenvalue weighted by molar-refractivity contribution is 0.0601. The molecular formula is C20H21FN2O4S. The van der Waals surface area contributed by atoms with Gasteiger partial charge >= 0.3 is 5.97 Å². The van der Waals surface area contributed by atoms with Crippen LogP contribution in [-0.2, 0) is 4.74 Å². The first-order valence-electron chi connectivity index (χ1n) is 9.00. The van der Waals surface area contributed by atoms with Crippen molar-refractivity contribution in [3.05, 3.63) is 51.7 Å². The van der Waals surface area contributed by atoms with Crippen LogP contribution in [0.5, 0.6) is 0 Å². The van der Waals surface area contributed by atoms with E-state index in [4.69, 9.17) is 4.74 Å². The summed E-state index contributed by atoms with van der Waals surface area (Å²) in [5.74, 6) is -1.90. The Bertz CT molecular complexity index is 919. The van der Waals surface area contributed by atoms with Gasteiger partial charge in [-0.15, -0.1) is 11.3 Å². The standard InChI is InChI=1S/C20H21FN2O4S/c1-12-15(20(26)27-2)18(22-17(24)13-7-6-8-14(21)11-13)28-16(12)19(25)23-9-4-3-5-10-23/h6-8,11H,3-5,9-10H2,1-2H3,(H,22,24). The monoisotopic (exact) mass is 404 g/mol. The Balaban J connectivity index is 1.94. The molecule has 2 heterocycles. The SMILES string of the molecule is COC(=O)c1c(NC(=O)c2cccc(F)c2)sc(C(=O)N2CCCCC2)c1C. The molecule has 3 rings (SSSR count). The van der Waals surface area contributed by atoms with Crippen molar-refractivity contribution in [2.45, 2.75) is 26.2 Å². The lowest BCUT2D eigenvalue weighted by Gasteiger charge is -2.26. The second kappa shape index (κ2) is 8.52. The van der Waals surface area contributed by atoms with Gasteiger partial charge in [0, 0.05) is 18.7 Å². The number of benzene rings is 1. The quantitative estimate of drug-likeness (QED) is 0.785. The average molecular weight is 404 g/mol. The molecule has 0 radical (unpaired) electrons. The van der Waals surface area contributed by atoms with E-state index in [9.17, 15) is 18.8 Å². The number of carbonyl (C=O) groups is 3. The number of methoxy groups -OCH3 is 1. The summed E-state index contributed by atoms with van der Waals surface area (Å²) in [6, 6.07) is 5.24. The number of hydrogen-bond acceptors (Lipinski definition) is 5. The molecule has 1 saturated heterocycles. The number of likely N-dealkylation sites (tertiary alicyclic amines) is 1. The molecule has 0 bridgehead atoms. The molecule has 6 nitrogen and oxygen atoms in total. The number of hydrogen-bond donors (Lipinski definition) is 1. The maximum Gasteiger partial charge on any atom is 0.341 e. The van der Waals surface area contributed by atoms with E-state index in [1.54, 1.807) is 11.8 Å². The van der Waals surface area contributed by atoms with E-state index in [-0.39, 0.29) is 22.0 Å². The van der Waals surface area contributed by atoms with Gasteiger partial charge in [0.15, 0.2) is 0 Å². The van der Waals surface area contributed by atoms with E-state index >= 15 is 0 Å². The number of halogens is 1. The molecule has 1 aliphatic rings. The highest BCUT2D eigenvalue weighted by Crippen LogP contribution is 2.35. The first-order valence-corrected chi connectivity index (χ1v) is 9.82. The maximum absolute atomic E-state index is 13.4. The molecule has 28 heavy (non-hydrogen) atoms. The predicted octanol–water partition coefficient (Wildman–Crippen LogP) is 3.86. The van der Waals surface area contributed by atoms with Gasteiger partial charge in [-0.3, -0.25) is 9.59 Å². The zero-order valence-corrected chi connectivity index (χ0v) is 16.5. The van der Waals surface area contributed by atoms with Crippen molar-refractivity contribution in [3.63, 3.8) is 0 Å². The molecule has 0 spiro atoms. The fourth-order valence-electron chi connectivity index (χ4n) is 3.20. The van der Waals surface area contributed by atoms with Crippen LogP contribution in [0.2, 0.25) is 0 Å². The Morgan fingerprint density at radius 1 is 1.18 bits per heavy atom. The zero-order chi connectivity index (χ0) is 20.3. The van der Waals surface area contributed by atoms with Crippen LogP contribution in [0.1, 0.15) is 55.2 Å². The van der Waals surface area contributed by atoms with Crippen LogP contribution in [0.15, 0.2) is 24.3 Å². The first kappa shape index (κ1) is 20.0. The molecule has 2 aromatic rings. The van der Waals surface area contributed by atoms with Gasteiger partial charge in [-0.1, -0.05) is 6.07 Å². The highest BCUT2D eigenvalue weighted by atomic mass is 32.1. The molecule has 1 aromatic carbocycles. The summed E-state index contributed by atoms with van der Waals surface area (Å²) in [7, 11) is 1.24. The van der Waals surface area contributed by atoms with Crippen molar-refractivity contribution < 1.29 is 23.5 Å². The van der Waals surface area contributed by atoms with Crippen LogP contribution in [-0.4, -0.2) is 42.9 Å². The third-order valence-corrected chi connectivity index (χ3v) is 5.88. The van der Waals surface area contributed by atoms with E-state index in [1.165, 1.54) is 25.3 Å². The number of piperidine rings is 1. The molecule has 8 heteroatoms. The van der Waals surface area contributed by atoms with E-state index in [0.29, 0.717) is 23.5 Å². The van der Waals surface area contributed by atoms with Crippen LogP contribution < -0.4 is 5.32 Å². The van der Waals surface area contributed by atoms with Crippen molar-refractivity contribution in [3.8, 4) is 0 Å². The van der Waals surface area contributed by atoms with Gasteiger partial charge < -0.3 is 15.0 Å². The summed E-state index contributed by atoms with van der Waals surface area (Å²) < 4.78 is 18.2. The number of rotatable bonds is 4. The van der Waals surface area contributed by atoms with Gasteiger partial charge in [0.05, 0.1) is 17.6 Å². The van der Waals surface area contributed by atoms with Crippen LogP contribution in [0.4, 0.5) is 9.39 Å². The molecule has 0 atom stereocenters. The summed E-state index contributed by atoms with van der Waals surface area (Å²) in [4.78, 5) is 39.9. The van der Waals surface area contributed by atoms with E-state index in [2.05, 4.69) is 5.32 Å². The Hall–Kier alpha value is -2.74. The minimum absolute atomic E-state index is 0.116. The fourth-order valence-corrected chi connectivity index (χ4v) is 4.36. The molecule has 1 N–H and O–H groups in total. The normalized spacial score (nSPS) is 13.9. The van der Waals surface area contributed by atoms with E-state index < -0.39 is 17.7 Å². The molecular weight excluding hydrogens is 383 g/mol. The molecule has 0 aliphatic carbocycles. The van der Waals surface area contributed by atoms with Gasteiger partial charge in [0.25, 0.3) is 11.8 Å². The zero-order valence-electron chi connectivity index (χ0n) is 15.7. The molecule has 1 aromatic heterocycles. The Labute approximate surface area is 166 Å². The largest absolute Gasteiger partial charge is 0.465 e. The summed E-state index contributed by atoms with van der Waals surface area (Å²) in [5, 5.41) is 2.85. The summed E-state index contributed by atoms with van der Waals surface area (Å²) >= 11 is 1.04. The van der Waals surface area contributed by atoms with Crippen LogP contribution >= 0.6 is 11.3 Å². The van der Waals surface area contributed by atoms with Crippen molar-refractivity contribution in [2.24, 2.45) is 0 Å². The summed E-state index contributed by atoms with van der Waals surface area (Å²) in [6.07, 6.45) is 2.99. The van der Waals surface area contributed by atoms with Gasteiger partial charge in [0.1, 0.15) is 10.8 Å². The number of nitrogens with zero attached hydrogens (tertiary/aromatic N) is 1. The number of nitrogens with one attached hydrogen (secondary N) is 1. The van der Waals surface area contributed by atoms with Crippen molar-refractivity contribution in [1.29, 1.82) is 0 Å². The van der Waals surface area contributed by atoms with E-state index in [1.807, 2.05) is 0 Å². The van der Waals surface area contributed by atoms with Gasteiger partial charge in [-0.05, 0) is 49.9 Å². The first-order chi connectivity index (χ1) is 13.4. The maximum atomic E-state index is 13.4. The van der Waals surface area contributed by atoms with E-state index in [0.717, 1.165) is 36.7 Å². The lowest BCUT2D eigenvalue weighted by atomic mass is 10.1. The number of amides is 2. The topological polar surface area (TPSA) is 75.7 Å². The van der Waals surface area contributed by atoms with Crippen LogP contribution in [0.25, 0.3) is 0 Å². The van der Waals surface area contributed by atoms with Crippen molar-refractivity contribution in [2.75, 3.05) is 25.5 Å². The third-order valence-electron chi connectivity index (χ3n) is 4.69. The predicted molar refractivity (Wildman–Crippen MR) is 105 cm³/mol. The molecule has 0 unspecified atom stereocenters. The minimum atomic E-state index is -0.638. The van der Waals surface area contributed by atoms with Gasteiger partial charge in [-0.25, -0.2) is 9.18 Å². The Morgan fingerprint density at radius 2 is 1.89 bits per heavy atom. The molecule has 0 saturated carbocycles. The van der Waals surface area contributed by atoms with Crippen molar-refractivity contribution in [1.82, 2.24) is 4.90 Å². The van der Waals surface area contributed by atoms with Crippen molar-refractivity contribution >= 4 is 34.1 Å².